The number of ether oxygens (including phenoxy) is 1. The Kier molecular flexibility index (Phi) is 2.56. The molecule has 0 fully saturated rings. The van der Waals surface area contributed by atoms with Crippen molar-refractivity contribution < 1.29 is 4.74 Å². The first-order valence-electron chi connectivity index (χ1n) is 5.85. The zero-order chi connectivity index (χ0) is 13.4. The number of benzene rings is 1. The fourth-order valence-electron chi connectivity index (χ4n) is 1.82. The molecule has 2 aromatic heterocycles. The Balaban J connectivity index is 2.10. The van der Waals surface area contributed by atoms with E-state index in [9.17, 15) is 0 Å². The molecule has 0 spiro atoms. The lowest BCUT2D eigenvalue weighted by Gasteiger charge is -2.09. The van der Waals surface area contributed by atoms with E-state index in [1.165, 1.54) is 6.33 Å². The lowest BCUT2D eigenvalue weighted by Crippen LogP contribution is -1.99. The maximum atomic E-state index is 5.84. The van der Waals surface area contributed by atoms with Gasteiger partial charge in [-0.05, 0) is 31.0 Å². The number of nitrogen functional groups attached to an aromatic ring is 1. The summed E-state index contributed by atoms with van der Waals surface area (Å²) in [7, 11) is 0. The van der Waals surface area contributed by atoms with E-state index in [1.54, 1.807) is 0 Å². The Bertz CT molecular complexity index is 750. The van der Waals surface area contributed by atoms with Crippen molar-refractivity contribution in [3.05, 3.63) is 35.7 Å². The first kappa shape index (κ1) is 11.5. The topological polar surface area (TPSA) is 89.7 Å². The normalized spacial score (nSPS) is 10.8. The van der Waals surface area contributed by atoms with Crippen molar-refractivity contribution in [2.75, 3.05) is 5.73 Å². The summed E-state index contributed by atoms with van der Waals surface area (Å²) in [6.45, 7) is 3.98. The molecule has 0 atom stereocenters. The molecular formula is C13H13N5O. The molecule has 0 bridgehead atoms. The number of aromatic amines is 1. The summed E-state index contributed by atoms with van der Waals surface area (Å²) in [5, 5.41) is 0. The minimum absolute atomic E-state index is 0.139. The van der Waals surface area contributed by atoms with Crippen molar-refractivity contribution in [1.29, 1.82) is 0 Å². The maximum Gasteiger partial charge on any atom is 0.250 e. The van der Waals surface area contributed by atoms with Crippen LogP contribution in [0.4, 0.5) is 5.95 Å². The van der Waals surface area contributed by atoms with Crippen LogP contribution >= 0.6 is 0 Å². The van der Waals surface area contributed by atoms with Crippen LogP contribution in [0.2, 0.25) is 0 Å². The number of nitrogens with zero attached hydrogens (tertiary/aromatic N) is 3. The van der Waals surface area contributed by atoms with Gasteiger partial charge in [-0.3, -0.25) is 0 Å². The van der Waals surface area contributed by atoms with Crippen molar-refractivity contribution in [2.24, 2.45) is 0 Å². The van der Waals surface area contributed by atoms with E-state index in [0.717, 1.165) is 16.9 Å². The smallest absolute Gasteiger partial charge is 0.250 e. The molecular weight excluding hydrogens is 242 g/mol. The third-order valence-electron chi connectivity index (χ3n) is 2.82. The Morgan fingerprint density at radius 3 is 2.89 bits per heavy atom. The van der Waals surface area contributed by atoms with Crippen LogP contribution < -0.4 is 10.5 Å². The molecule has 3 N–H and O–H groups in total. The predicted octanol–water partition coefficient (Wildman–Crippen LogP) is 2.34. The van der Waals surface area contributed by atoms with E-state index in [2.05, 4.69) is 19.9 Å². The molecule has 0 aliphatic rings. The van der Waals surface area contributed by atoms with Crippen molar-refractivity contribution >= 4 is 17.1 Å². The van der Waals surface area contributed by atoms with E-state index in [-0.39, 0.29) is 5.95 Å². The average molecular weight is 255 g/mol. The van der Waals surface area contributed by atoms with Gasteiger partial charge < -0.3 is 15.5 Å². The lowest BCUT2D eigenvalue weighted by molar-refractivity contribution is 0.464. The summed E-state index contributed by atoms with van der Waals surface area (Å²) in [5.74, 6) is 1.27. The fourth-order valence-corrected chi connectivity index (χ4v) is 1.82. The second-order valence-corrected chi connectivity index (χ2v) is 4.36. The first-order valence-corrected chi connectivity index (χ1v) is 5.85. The number of rotatable bonds is 2. The minimum Gasteiger partial charge on any atom is -0.437 e. The zero-order valence-corrected chi connectivity index (χ0v) is 10.6. The zero-order valence-electron chi connectivity index (χ0n) is 10.6. The van der Waals surface area contributed by atoms with Crippen LogP contribution in [-0.2, 0) is 0 Å². The van der Waals surface area contributed by atoms with Gasteiger partial charge in [-0.15, -0.1) is 0 Å². The van der Waals surface area contributed by atoms with Crippen molar-refractivity contribution in [2.45, 2.75) is 13.8 Å². The van der Waals surface area contributed by atoms with Gasteiger partial charge in [-0.1, -0.05) is 12.1 Å². The second-order valence-electron chi connectivity index (χ2n) is 4.36. The van der Waals surface area contributed by atoms with E-state index >= 15 is 0 Å². The summed E-state index contributed by atoms with van der Waals surface area (Å²) in [6, 6.07) is 5.98. The number of fused-ring (bicyclic) bond motifs is 1. The van der Waals surface area contributed by atoms with Crippen molar-refractivity contribution in [3.8, 4) is 11.6 Å². The molecule has 6 heteroatoms. The molecule has 0 amide bonds. The molecule has 3 rings (SSSR count). The summed E-state index contributed by atoms with van der Waals surface area (Å²) >= 11 is 0. The molecule has 6 nitrogen and oxygen atoms in total. The molecule has 0 radical (unpaired) electrons. The number of hydrogen-bond donors (Lipinski definition) is 2. The van der Waals surface area contributed by atoms with Crippen LogP contribution in [-0.4, -0.2) is 19.9 Å². The molecule has 0 saturated heterocycles. The number of anilines is 1. The van der Waals surface area contributed by atoms with Crippen LogP contribution in [0.3, 0.4) is 0 Å². The number of hydrogen-bond acceptors (Lipinski definition) is 5. The number of aryl methyl sites for hydroxylation is 2. The predicted molar refractivity (Wildman–Crippen MR) is 72.1 cm³/mol. The molecule has 0 aliphatic heterocycles. The van der Waals surface area contributed by atoms with Crippen LogP contribution in [0.1, 0.15) is 11.1 Å². The SMILES string of the molecule is Cc1ccc(C)c(Oc2nc(N)nc3nc[nH]c23)c1. The van der Waals surface area contributed by atoms with Crippen molar-refractivity contribution in [3.63, 3.8) is 0 Å². The van der Waals surface area contributed by atoms with Gasteiger partial charge in [-0.2, -0.15) is 9.97 Å². The van der Waals surface area contributed by atoms with Gasteiger partial charge in [0, 0.05) is 0 Å². The van der Waals surface area contributed by atoms with E-state index in [1.807, 2.05) is 32.0 Å². The summed E-state index contributed by atoms with van der Waals surface area (Å²) in [4.78, 5) is 15.1. The Morgan fingerprint density at radius 2 is 2.05 bits per heavy atom. The largest absolute Gasteiger partial charge is 0.437 e. The fraction of sp³-hybridized carbons (Fsp3) is 0.154. The molecule has 96 valence electrons. The first-order chi connectivity index (χ1) is 9.13. The van der Waals surface area contributed by atoms with Gasteiger partial charge in [0.1, 0.15) is 11.3 Å². The summed E-state index contributed by atoms with van der Waals surface area (Å²) in [5.41, 5.74) is 8.91. The van der Waals surface area contributed by atoms with E-state index in [4.69, 9.17) is 10.5 Å². The van der Waals surface area contributed by atoms with Crippen LogP contribution in [0.25, 0.3) is 11.2 Å². The van der Waals surface area contributed by atoms with Crippen molar-refractivity contribution in [1.82, 2.24) is 19.9 Å². The van der Waals surface area contributed by atoms with Crippen LogP contribution in [0, 0.1) is 13.8 Å². The molecule has 0 aliphatic carbocycles. The number of nitrogens with one attached hydrogen (secondary N) is 1. The number of imidazole rings is 1. The number of aromatic nitrogens is 4. The highest BCUT2D eigenvalue weighted by molar-refractivity contribution is 5.77. The standard InChI is InChI=1S/C13H13N5O/c1-7-3-4-8(2)9(5-7)19-12-10-11(16-6-15-10)17-13(14)18-12/h3-6H,1-2H3,(H3,14,15,16,17,18). The number of H-pyrrole nitrogens is 1. The summed E-state index contributed by atoms with van der Waals surface area (Å²) < 4.78 is 5.84. The Morgan fingerprint density at radius 1 is 1.21 bits per heavy atom. The molecule has 2 heterocycles. The lowest BCUT2D eigenvalue weighted by atomic mass is 10.1. The monoisotopic (exact) mass is 255 g/mol. The van der Waals surface area contributed by atoms with Crippen LogP contribution in [0.5, 0.6) is 11.6 Å². The molecule has 3 aromatic rings. The maximum absolute atomic E-state index is 5.84. The molecule has 19 heavy (non-hydrogen) atoms. The Labute approximate surface area is 109 Å². The van der Waals surface area contributed by atoms with E-state index in [0.29, 0.717) is 17.0 Å². The van der Waals surface area contributed by atoms with Gasteiger partial charge in [0.25, 0.3) is 5.88 Å². The molecule has 1 aromatic carbocycles. The van der Waals surface area contributed by atoms with Gasteiger partial charge in [0.15, 0.2) is 5.65 Å². The van der Waals surface area contributed by atoms with Crippen LogP contribution in [0.15, 0.2) is 24.5 Å². The summed E-state index contributed by atoms with van der Waals surface area (Å²) in [6.07, 6.45) is 1.54. The second kappa shape index (κ2) is 4.24. The average Bonchev–Trinajstić information content (AvgIpc) is 2.82. The quantitative estimate of drug-likeness (QED) is 0.733. The van der Waals surface area contributed by atoms with Gasteiger partial charge in [0.2, 0.25) is 5.95 Å². The molecule has 0 unspecified atom stereocenters. The number of nitrogens with two attached hydrogens (primary N) is 1. The highest BCUT2D eigenvalue weighted by Crippen LogP contribution is 2.28. The van der Waals surface area contributed by atoms with E-state index < -0.39 is 0 Å². The third-order valence-corrected chi connectivity index (χ3v) is 2.82. The minimum atomic E-state index is 0.139. The molecule has 0 saturated carbocycles. The Hall–Kier alpha value is -2.63. The van der Waals surface area contributed by atoms with Gasteiger partial charge in [-0.25, -0.2) is 4.98 Å². The van der Waals surface area contributed by atoms with Gasteiger partial charge >= 0.3 is 0 Å². The van der Waals surface area contributed by atoms with Gasteiger partial charge in [0.05, 0.1) is 6.33 Å². The highest BCUT2D eigenvalue weighted by atomic mass is 16.5. The third kappa shape index (κ3) is 2.08. The highest BCUT2D eigenvalue weighted by Gasteiger charge is 2.11.